The lowest BCUT2D eigenvalue weighted by molar-refractivity contribution is 0.0546. The van der Waals surface area contributed by atoms with Gasteiger partial charge in [-0.2, -0.15) is 0 Å². The average Bonchev–Trinajstić information content (AvgIpc) is 3.05. The van der Waals surface area contributed by atoms with Crippen LogP contribution in [0.25, 0.3) is 16.7 Å². The molecule has 0 aliphatic carbocycles. The minimum atomic E-state index is -0.281. The van der Waals surface area contributed by atoms with Crippen molar-refractivity contribution in [1.29, 1.82) is 0 Å². The molecule has 3 aromatic rings. The lowest BCUT2D eigenvalue weighted by atomic mass is 10.1. The quantitative estimate of drug-likeness (QED) is 0.783. The van der Waals surface area contributed by atoms with E-state index in [9.17, 15) is 9.90 Å². The third kappa shape index (κ3) is 3.03. The van der Waals surface area contributed by atoms with Crippen LogP contribution in [0.3, 0.4) is 0 Å². The highest BCUT2D eigenvalue weighted by molar-refractivity contribution is 5.95. The Labute approximate surface area is 146 Å². The molecule has 0 radical (unpaired) electrons. The maximum absolute atomic E-state index is 12.8. The first-order valence-electron chi connectivity index (χ1n) is 8.63. The minimum Gasteiger partial charge on any atom is -0.393 e. The van der Waals surface area contributed by atoms with Crippen molar-refractivity contribution in [2.45, 2.75) is 25.9 Å². The fraction of sp³-hybridized carbons (Fsp3) is 0.300. The summed E-state index contributed by atoms with van der Waals surface area (Å²) in [7, 11) is 0. The summed E-state index contributed by atoms with van der Waals surface area (Å²) in [6, 6.07) is 13.8. The molecule has 4 rings (SSSR count). The number of hydrogen-bond donors (Lipinski definition) is 1. The first-order chi connectivity index (χ1) is 12.1. The molecule has 128 valence electrons. The van der Waals surface area contributed by atoms with Gasteiger partial charge in [-0.05, 0) is 55.7 Å². The van der Waals surface area contributed by atoms with E-state index in [1.54, 1.807) is 6.33 Å². The van der Waals surface area contributed by atoms with E-state index >= 15 is 0 Å². The van der Waals surface area contributed by atoms with Gasteiger partial charge in [0.1, 0.15) is 6.33 Å². The summed E-state index contributed by atoms with van der Waals surface area (Å²) in [4.78, 5) is 19.0. The number of carbonyl (C=O) groups excluding carboxylic acids is 1. The summed E-state index contributed by atoms with van der Waals surface area (Å²) in [6.07, 6.45) is 2.81. The van der Waals surface area contributed by atoms with Crippen molar-refractivity contribution >= 4 is 16.9 Å². The van der Waals surface area contributed by atoms with Crippen molar-refractivity contribution in [3.63, 3.8) is 0 Å². The maximum atomic E-state index is 12.8. The second-order valence-electron chi connectivity index (χ2n) is 6.68. The van der Waals surface area contributed by atoms with Crippen molar-refractivity contribution in [2.75, 3.05) is 13.1 Å². The van der Waals surface area contributed by atoms with Crippen LogP contribution >= 0.6 is 0 Å². The van der Waals surface area contributed by atoms with Crippen LogP contribution in [0.1, 0.15) is 28.8 Å². The molecule has 0 saturated carbocycles. The second kappa shape index (κ2) is 6.33. The molecule has 0 unspecified atom stereocenters. The first-order valence-corrected chi connectivity index (χ1v) is 8.63. The molecule has 2 aromatic carbocycles. The normalized spacial score (nSPS) is 15.7. The fourth-order valence-corrected chi connectivity index (χ4v) is 3.37. The molecule has 5 nitrogen and oxygen atoms in total. The fourth-order valence-electron chi connectivity index (χ4n) is 3.37. The summed E-state index contributed by atoms with van der Waals surface area (Å²) >= 11 is 0. The number of aromatic nitrogens is 2. The molecule has 5 heteroatoms. The molecule has 1 aromatic heterocycles. The highest BCUT2D eigenvalue weighted by Gasteiger charge is 2.22. The van der Waals surface area contributed by atoms with Crippen molar-refractivity contribution in [2.24, 2.45) is 0 Å². The van der Waals surface area contributed by atoms with E-state index in [0.717, 1.165) is 16.7 Å². The van der Waals surface area contributed by atoms with Gasteiger partial charge >= 0.3 is 0 Å². The Hall–Kier alpha value is -2.66. The van der Waals surface area contributed by atoms with Gasteiger partial charge in [-0.3, -0.25) is 9.36 Å². The SMILES string of the molecule is Cc1ccc2c(c1)ncn2-c1cccc(C(=O)N2CCC(O)CC2)c1. The Balaban J connectivity index is 1.66. The Bertz CT molecular complexity index is 924. The molecule has 0 bridgehead atoms. The highest BCUT2D eigenvalue weighted by atomic mass is 16.3. The number of likely N-dealkylation sites (tertiary alicyclic amines) is 1. The maximum Gasteiger partial charge on any atom is 0.253 e. The van der Waals surface area contributed by atoms with Gasteiger partial charge in [0, 0.05) is 24.3 Å². The predicted octanol–water partition coefficient (Wildman–Crippen LogP) is 2.93. The molecular formula is C20H21N3O2. The van der Waals surface area contributed by atoms with E-state index in [4.69, 9.17) is 0 Å². The zero-order valence-corrected chi connectivity index (χ0v) is 14.2. The molecule has 1 fully saturated rings. The van der Waals surface area contributed by atoms with Gasteiger partial charge in [0.05, 0.1) is 17.1 Å². The van der Waals surface area contributed by atoms with E-state index in [1.165, 1.54) is 5.56 Å². The number of hydrogen-bond acceptors (Lipinski definition) is 3. The molecule has 0 spiro atoms. The average molecular weight is 335 g/mol. The number of benzene rings is 2. The van der Waals surface area contributed by atoms with Crippen LogP contribution in [-0.2, 0) is 0 Å². The standard InChI is InChI=1S/C20H21N3O2/c1-14-5-6-19-18(11-14)21-13-23(19)16-4-2-3-15(12-16)20(25)22-9-7-17(24)8-10-22/h2-6,11-13,17,24H,7-10H2,1H3. The third-order valence-electron chi connectivity index (χ3n) is 4.83. The number of piperidine rings is 1. The number of aliphatic hydroxyl groups is 1. The summed E-state index contributed by atoms with van der Waals surface area (Å²) < 4.78 is 2.01. The number of rotatable bonds is 2. The zero-order chi connectivity index (χ0) is 17.4. The van der Waals surface area contributed by atoms with Crippen LogP contribution in [0, 0.1) is 6.92 Å². The van der Waals surface area contributed by atoms with E-state index in [-0.39, 0.29) is 12.0 Å². The summed E-state index contributed by atoms with van der Waals surface area (Å²) in [5.74, 6) is 0.0222. The minimum absolute atomic E-state index is 0.0222. The van der Waals surface area contributed by atoms with Gasteiger partial charge in [0.2, 0.25) is 0 Å². The van der Waals surface area contributed by atoms with Crippen LogP contribution in [0.15, 0.2) is 48.8 Å². The molecule has 1 amide bonds. The van der Waals surface area contributed by atoms with Gasteiger partial charge < -0.3 is 10.0 Å². The lowest BCUT2D eigenvalue weighted by Crippen LogP contribution is -2.40. The van der Waals surface area contributed by atoms with Gasteiger partial charge in [-0.25, -0.2) is 4.98 Å². The van der Waals surface area contributed by atoms with E-state index < -0.39 is 0 Å². The lowest BCUT2D eigenvalue weighted by Gasteiger charge is -2.29. The zero-order valence-electron chi connectivity index (χ0n) is 14.2. The van der Waals surface area contributed by atoms with Crippen LogP contribution in [-0.4, -0.2) is 44.7 Å². The predicted molar refractivity (Wildman–Crippen MR) is 97.0 cm³/mol. The van der Waals surface area contributed by atoms with E-state index in [1.807, 2.05) is 40.7 Å². The van der Waals surface area contributed by atoms with Crippen molar-refractivity contribution in [1.82, 2.24) is 14.5 Å². The first kappa shape index (κ1) is 15.8. The number of nitrogens with zero attached hydrogens (tertiary/aromatic N) is 3. The molecule has 1 N–H and O–H groups in total. The number of fused-ring (bicyclic) bond motifs is 1. The second-order valence-corrected chi connectivity index (χ2v) is 6.68. The van der Waals surface area contributed by atoms with Crippen molar-refractivity contribution in [3.8, 4) is 5.69 Å². The molecule has 1 aliphatic heterocycles. The Kier molecular flexibility index (Phi) is 4.01. The molecular weight excluding hydrogens is 314 g/mol. The van der Waals surface area contributed by atoms with Gasteiger partial charge in [0.15, 0.2) is 0 Å². The highest BCUT2D eigenvalue weighted by Crippen LogP contribution is 2.21. The smallest absolute Gasteiger partial charge is 0.253 e. The van der Waals surface area contributed by atoms with Crippen LogP contribution in [0.4, 0.5) is 0 Å². The number of imidazole rings is 1. The van der Waals surface area contributed by atoms with Gasteiger partial charge in [-0.15, -0.1) is 0 Å². The Morgan fingerprint density at radius 3 is 2.76 bits per heavy atom. The number of carbonyl (C=O) groups is 1. The Morgan fingerprint density at radius 1 is 1.16 bits per heavy atom. The van der Waals surface area contributed by atoms with Crippen LogP contribution < -0.4 is 0 Å². The van der Waals surface area contributed by atoms with Crippen molar-refractivity contribution < 1.29 is 9.90 Å². The van der Waals surface area contributed by atoms with E-state index in [2.05, 4.69) is 23.2 Å². The van der Waals surface area contributed by atoms with E-state index in [0.29, 0.717) is 31.5 Å². The Morgan fingerprint density at radius 2 is 1.96 bits per heavy atom. The number of aliphatic hydroxyl groups excluding tert-OH is 1. The van der Waals surface area contributed by atoms with Gasteiger partial charge in [0.25, 0.3) is 5.91 Å². The monoisotopic (exact) mass is 335 g/mol. The number of amides is 1. The third-order valence-corrected chi connectivity index (χ3v) is 4.83. The molecule has 0 atom stereocenters. The summed E-state index contributed by atoms with van der Waals surface area (Å²) in [5, 5.41) is 9.62. The molecule has 25 heavy (non-hydrogen) atoms. The summed E-state index contributed by atoms with van der Waals surface area (Å²) in [6.45, 7) is 3.27. The molecule has 2 heterocycles. The van der Waals surface area contributed by atoms with Gasteiger partial charge in [-0.1, -0.05) is 12.1 Å². The largest absolute Gasteiger partial charge is 0.393 e. The number of aryl methyl sites for hydroxylation is 1. The van der Waals surface area contributed by atoms with Crippen LogP contribution in [0.5, 0.6) is 0 Å². The van der Waals surface area contributed by atoms with Crippen molar-refractivity contribution in [3.05, 3.63) is 59.9 Å². The molecule has 1 aliphatic rings. The van der Waals surface area contributed by atoms with Crippen LogP contribution in [0.2, 0.25) is 0 Å². The topological polar surface area (TPSA) is 58.4 Å². The molecule has 1 saturated heterocycles. The summed E-state index contributed by atoms with van der Waals surface area (Å²) in [5.41, 5.74) is 4.74.